The topological polar surface area (TPSA) is 46.9 Å². The molecule has 4 nitrogen and oxygen atoms in total. The summed E-state index contributed by atoms with van der Waals surface area (Å²) < 4.78 is 1.07. The van der Waals surface area contributed by atoms with Crippen LogP contribution in [0.4, 0.5) is 0 Å². The number of benzene rings is 1. The van der Waals surface area contributed by atoms with Crippen molar-refractivity contribution in [2.24, 2.45) is 5.41 Å². The monoisotopic (exact) mass is 337 g/mol. The molecule has 3 rings (SSSR count). The summed E-state index contributed by atoms with van der Waals surface area (Å²) in [5, 5.41) is 2.92. The van der Waals surface area contributed by atoms with E-state index < -0.39 is 9.75 Å². The number of carbonyl (C=O) groups is 1. The third kappa shape index (κ3) is 2.99. The van der Waals surface area contributed by atoms with Crippen LogP contribution < -0.4 is 5.32 Å². The molecular weight excluding hydrogens is 321 g/mol. The van der Waals surface area contributed by atoms with Crippen molar-refractivity contribution in [1.29, 1.82) is 0 Å². The Balaban J connectivity index is 1.60. The molecule has 6 heteroatoms. The third-order valence-corrected chi connectivity index (χ3v) is 5.23. The van der Waals surface area contributed by atoms with Gasteiger partial charge in [0.1, 0.15) is 4.33 Å². The van der Waals surface area contributed by atoms with E-state index in [2.05, 4.69) is 22.4 Å². The molecule has 1 atom stereocenters. The molecule has 116 valence electrons. The minimum absolute atomic E-state index is 0.0995. The SMILES string of the molecule is C[C@]1(C(=O)NCc2cccc(Cn3ccnc3)c2)CC1(Cl)Cl. The number of rotatable bonds is 5. The minimum Gasteiger partial charge on any atom is -0.351 e. The number of carbonyl (C=O) groups excluding carboxylic acids is 1. The summed E-state index contributed by atoms with van der Waals surface area (Å²) in [5.74, 6) is -0.0995. The van der Waals surface area contributed by atoms with Crippen LogP contribution in [-0.2, 0) is 17.9 Å². The number of nitrogens with one attached hydrogen (secondary N) is 1. The molecule has 0 radical (unpaired) electrons. The fraction of sp³-hybridized carbons (Fsp3) is 0.375. The highest BCUT2D eigenvalue weighted by Gasteiger charge is 2.67. The Kier molecular flexibility index (Phi) is 3.91. The summed E-state index contributed by atoms with van der Waals surface area (Å²) in [7, 11) is 0. The zero-order valence-electron chi connectivity index (χ0n) is 12.2. The highest BCUT2D eigenvalue weighted by Crippen LogP contribution is 2.63. The number of alkyl halides is 2. The Morgan fingerprint density at radius 1 is 1.41 bits per heavy atom. The van der Waals surface area contributed by atoms with E-state index in [-0.39, 0.29) is 5.91 Å². The fourth-order valence-electron chi connectivity index (χ4n) is 2.45. The number of imidazole rings is 1. The summed E-state index contributed by atoms with van der Waals surface area (Å²) >= 11 is 12.1. The van der Waals surface area contributed by atoms with E-state index in [9.17, 15) is 4.79 Å². The molecule has 1 aromatic heterocycles. The first-order chi connectivity index (χ1) is 10.4. The maximum atomic E-state index is 12.2. The van der Waals surface area contributed by atoms with Crippen molar-refractivity contribution in [2.75, 3.05) is 0 Å². The van der Waals surface area contributed by atoms with Gasteiger partial charge in [0.15, 0.2) is 0 Å². The second kappa shape index (κ2) is 5.60. The average molecular weight is 338 g/mol. The van der Waals surface area contributed by atoms with Crippen molar-refractivity contribution in [3.8, 4) is 0 Å². The smallest absolute Gasteiger partial charge is 0.229 e. The second-order valence-electron chi connectivity index (χ2n) is 5.95. The van der Waals surface area contributed by atoms with Crippen molar-refractivity contribution < 1.29 is 4.79 Å². The van der Waals surface area contributed by atoms with Gasteiger partial charge in [0, 0.05) is 25.5 Å². The lowest BCUT2D eigenvalue weighted by atomic mass is 10.1. The van der Waals surface area contributed by atoms with Crippen LogP contribution in [0.5, 0.6) is 0 Å². The molecule has 0 spiro atoms. The van der Waals surface area contributed by atoms with Crippen LogP contribution in [0.25, 0.3) is 0 Å². The van der Waals surface area contributed by atoms with Crippen molar-refractivity contribution in [3.63, 3.8) is 0 Å². The first kappa shape index (κ1) is 15.4. The molecule has 1 aliphatic rings. The van der Waals surface area contributed by atoms with Gasteiger partial charge in [-0.15, -0.1) is 23.2 Å². The number of halogens is 2. The van der Waals surface area contributed by atoms with Gasteiger partial charge < -0.3 is 9.88 Å². The van der Waals surface area contributed by atoms with Gasteiger partial charge in [-0.05, 0) is 24.5 Å². The van der Waals surface area contributed by atoms with E-state index in [1.165, 1.54) is 0 Å². The molecule has 22 heavy (non-hydrogen) atoms. The number of hydrogen-bond acceptors (Lipinski definition) is 2. The second-order valence-corrected chi connectivity index (χ2v) is 7.43. The lowest BCUT2D eigenvalue weighted by Gasteiger charge is -2.13. The van der Waals surface area contributed by atoms with E-state index in [0.717, 1.165) is 17.7 Å². The van der Waals surface area contributed by atoms with Gasteiger partial charge in [0.2, 0.25) is 5.91 Å². The zero-order chi connectivity index (χ0) is 15.8. The van der Waals surface area contributed by atoms with Crippen LogP contribution >= 0.6 is 23.2 Å². The maximum Gasteiger partial charge on any atom is 0.229 e. The summed E-state index contributed by atoms with van der Waals surface area (Å²) in [6, 6.07) is 8.10. The number of aromatic nitrogens is 2. The fourth-order valence-corrected chi connectivity index (χ4v) is 3.16. The Bertz CT molecular complexity index is 684. The van der Waals surface area contributed by atoms with Crippen LogP contribution in [0.2, 0.25) is 0 Å². The van der Waals surface area contributed by atoms with Crippen LogP contribution in [0.1, 0.15) is 24.5 Å². The molecule has 1 heterocycles. The van der Waals surface area contributed by atoms with E-state index >= 15 is 0 Å². The predicted octanol–water partition coefficient (Wildman–Crippen LogP) is 3.13. The molecule has 0 bridgehead atoms. The summed E-state index contributed by atoms with van der Waals surface area (Å²) in [5.41, 5.74) is 1.53. The molecule has 0 unspecified atom stereocenters. The van der Waals surface area contributed by atoms with Crippen LogP contribution in [-0.4, -0.2) is 19.8 Å². The van der Waals surface area contributed by atoms with Crippen molar-refractivity contribution in [3.05, 3.63) is 54.1 Å². The van der Waals surface area contributed by atoms with E-state index in [0.29, 0.717) is 13.0 Å². The van der Waals surface area contributed by atoms with Crippen LogP contribution in [0.3, 0.4) is 0 Å². The van der Waals surface area contributed by atoms with Crippen molar-refractivity contribution in [2.45, 2.75) is 30.8 Å². The maximum absolute atomic E-state index is 12.2. The van der Waals surface area contributed by atoms with Crippen molar-refractivity contribution in [1.82, 2.24) is 14.9 Å². The van der Waals surface area contributed by atoms with E-state index in [1.807, 2.05) is 22.9 Å². The van der Waals surface area contributed by atoms with Gasteiger partial charge in [-0.3, -0.25) is 4.79 Å². The van der Waals surface area contributed by atoms with E-state index in [4.69, 9.17) is 23.2 Å². The summed E-state index contributed by atoms with van der Waals surface area (Å²) in [4.78, 5) is 16.2. The van der Waals surface area contributed by atoms with Crippen molar-refractivity contribution >= 4 is 29.1 Å². The Hall–Kier alpha value is -1.52. The molecule has 0 saturated heterocycles. The summed E-state index contributed by atoms with van der Waals surface area (Å²) in [6.07, 6.45) is 5.95. The van der Waals surface area contributed by atoms with Gasteiger partial charge >= 0.3 is 0 Å². The summed E-state index contributed by atoms with van der Waals surface area (Å²) in [6.45, 7) is 3.01. The van der Waals surface area contributed by atoms with Gasteiger partial charge in [0.25, 0.3) is 0 Å². The predicted molar refractivity (Wildman–Crippen MR) is 86.8 cm³/mol. The Labute approximate surface area is 139 Å². The Morgan fingerprint density at radius 3 is 2.77 bits per heavy atom. The molecule has 1 amide bonds. The van der Waals surface area contributed by atoms with Gasteiger partial charge in [-0.25, -0.2) is 4.98 Å². The number of hydrogen-bond donors (Lipinski definition) is 1. The molecule has 1 saturated carbocycles. The van der Waals surface area contributed by atoms with Gasteiger partial charge in [-0.1, -0.05) is 24.3 Å². The number of nitrogens with zero attached hydrogens (tertiary/aromatic N) is 2. The average Bonchev–Trinajstić information content (AvgIpc) is 2.82. The number of amides is 1. The highest BCUT2D eigenvalue weighted by molar-refractivity contribution is 6.53. The quantitative estimate of drug-likeness (QED) is 0.852. The molecule has 1 fully saturated rings. The van der Waals surface area contributed by atoms with E-state index in [1.54, 1.807) is 19.4 Å². The Morgan fingerprint density at radius 2 is 2.14 bits per heavy atom. The standard InChI is InChI=1S/C16H17Cl2N3O/c1-15(10-16(15,17)18)14(22)20-8-12-3-2-4-13(7-12)9-21-6-5-19-11-21/h2-7,11H,8-10H2,1H3,(H,20,22)/t15-/m1/s1. The zero-order valence-corrected chi connectivity index (χ0v) is 13.7. The molecule has 0 aliphatic heterocycles. The minimum atomic E-state index is -0.930. The van der Waals surface area contributed by atoms with Crippen LogP contribution in [0, 0.1) is 5.41 Å². The molecule has 2 aromatic rings. The lowest BCUT2D eigenvalue weighted by molar-refractivity contribution is -0.125. The van der Waals surface area contributed by atoms with Crippen LogP contribution in [0.15, 0.2) is 43.0 Å². The third-order valence-electron chi connectivity index (χ3n) is 4.13. The molecular formula is C16H17Cl2N3O. The van der Waals surface area contributed by atoms with Gasteiger partial charge in [-0.2, -0.15) is 0 Å². The molecule has 1 N–H and O–H groups in total. The largest absolute Gasteiger partial charge is 0.351 e. The normalized spacial score (nSPS) is 22.3. The first-order valence-corrected chi connectivity index (χ1v) is 7.86. The van der Waals surface area contributed by atoms with Gasteiger partial charge in [0.05, 0.1) is 11.7 Å². The molecule has 1 aliphatic carbocycles. The first-order valence-electron chi connectivity index (χ1n) is 7.10. The highest BCUT2D eigenvalue weighted by atomic mass is 35.5. The molecule has 1 aromatic carbocycles. The lowest BCUT2D eigenvalue weighted by Crippen LogP contribution is -2.32.